The van der Waals surface area contributed by atoms with Gasteiger partial charge in [-0.15, -0.1) is 0 Å². The minimum absolute atomic E-state index is 0.157. The van der Waals surface area contributed by atoms with Gasteiger partial charge in [0, 0.05) is 6.42 Å². The zero-order valence-electron chi connectivity index (χ0n) is 10.5. The van der Waals surface area contributed by atoms with Crippen molar-refractivity contribution in [2.45, 2.75) is 33.3 Å². The average Bonchev–Trinajstić information content (AvgIpc) is 2.35. The van der Waals surface area contributed by atoms with Crippen LogP contribution in [0.5, 0.6) is 5.75 Å². The molecule has 0 aliphatic heterocycles. The molecule has 1 aromatic carbocycles. The van der Waals surface area contributed by atoms with Crippen molar-refractivity contribution in [3.05, 3.63) is 29.8 Å². The van der Waals surface area contributed by atoms with Gasteiger partial charge in [-0.1, -0.05) is 26.0 Å². The second kappa shape index (κ2) is 8.58. The molecule has 0 aliphatic rings. The van der Waals surface area contributed by atoms with E-state index in [0.29, 0.717) is 0 Å². The Hall–Kier alpha value is -1.55. The van der Waals surface area contributed by atoms with E-state index >= 15 is 0 Å². The molecular formula is C13H20O4. The number of aliphatic hydroxyl groups excluding tert-OH is 1. The standard InChI is InChI=1S/C11H14O4.C2H6/c1-2-15-11(14)10(13)7-8-3-5-9(12)6-4-8;1-2/h3-6,10,12-13H,2,7H2,1H3;1-2H3. The van der Waals surface area contributed by atoms with Crippen molar-refractivity contribution in [1.29, 1.82) is 0 Å². The molecule has 0 spiro atoms. The lowest BCUT2D eigenvalue weighted by molar-refractivity contribution is -0.152. The molecule has 96 valence electrons. The third kappa shape index (κ3) is 5.92. The van der Waals surface area contributed by atoms with Crippen molar-refractivity contribution in [2.24, 2.45) is 0 Å². The summed E-state index contributed by atoms with van der Waals surface area (Å²) in [6.07, 6.45) is -0.950. The van der Waals surface area contributed by atoms with Crippen LogP contribution in [0.4, 0.5) is 0 Å². The quantitative estimate of drug-likeness (QED) is 0.789. The molecule has 0 bridgehead atoms. The second-order valence-corrected chi connectivity index (χ2v) is 3.14. The number of benzene rings is 1. The third-order valence-electron chi connectivity index (χ3n) is 1.92. The molecule has 2 N–H and O–H groups in total. The van der Waals surface area contributed by atoms with Crippen LogP contribution in [0.3, 0.4) is 0 Å². The summed E-state index contributed by atoms with van der Waals surface area (Å²) in [5.74, 6) is -0.463. The summed E-state index contributed by atoms with van der Waals surface area (Å²) in [7, 11) is 0. The number of esters is 1. The maximum Gasteiger partial charge on any atom is 0.335 e. The highest BCUT2D eigenvalue weighted by Gasteiger charge is 2.16. The molecule has 0 saturated heterocycles. The van der Waals surface area contributed by atoms with E-state index in [1.165, 1.54) is 12.1 Å². The highest BCUT2D eigenvalue weighted by atomic mass is 16.5. The summed E-state index contributed by atoms with van der Waals surface area (Å²) < 4.78 is 4.66. The lowest BCUT2D eigenvalue weighted by atomic mass is 10.1. The van der Waals surface area contributed by atoms with E-state index in [1.54, 1.807) is 19.1 Å². The molecule has 0 fully saturated rings. The van der Waals surface area contributed by atoms with Crippen molar-refractivity contribution in [3.8, 4) is 5.75 Å². The molecule has 0 aromatic heterocycles. The Morgan fingerprint density at radius 1 is 1.29 bits per heavy atom. The number of hydrogen-bond donors (Lipinski definition) is 2. The van der Waals surface area contributed by atoms with Crippen molar-refractivity contribution >= 4 is 5.97 Å². The van der Waals surface area contributed by atoms with Crippen LogP contribution in [0, 0.1) is 0 Å². The molecule has 0 amide bonds. The van der Waals surface area contributed by atoms with Crippen molar-refractivity contribution in [1.82, 2.24) is 0 Å². The first-order chi connectivity index (χ1) is 8.13. The molecular weight excluding hydrogens is 220 g/mol. The van der Waals surface area contributed by atoms with Gasteiger partial charge in [0.2, 0.25) is 0 Å². The Morgan fingerprint density at radius 2 is 1.82 bits per heavy atom. The highest BCUT2D eigenvalue weighted by Crippen LogP contribution is 2.11. The number of carbonyl (C=O) groups excluding carboxylic acids is 1. The number of phenolic OH excluding ortho intramolecular Hbond substituents is 1. The second-order valence-electron chi connectivity index (χ2n) is 3.14. The number of ether oxygens (including phenoxy) is 1. The van der Waals surface area contributed by atoms with Crippen LogP contribution in [0.1, 0.15) is 26.3 Å². The van der Waals surface area contributed by atoms with Gasteiger partial charge in [0.1, 0.15) is 5.75 Å². The first kappa shape index (κ1) is 15.4. The molecule has 1 unspecified atom stereocenters. The van der Waals surface area contributed by atoms with E-state index in [4.69, 9.17) is 5.11 Å². The minimum atomic E-state index is -1.14. The summed E-state index contributed by atoms with van der Waals surface area (Å²) in [5, 5.41) is 18.5. The van der Waals surface area contributed by atoms with Crippen LogP contribution >= 0.6 is 0 Å². The van der Waals surface area contributed by atoms with Crippen LogP contribution in [-0.4, -0.2) is 28.9 Å². The van der Waals surface area contributed by atoms with Gasteiger partial charge >= 0.3 is 5.97 Å². The topological polar surface area (TPSA) is 66.8 Å². The van der Waals surface area contributed by atoms with Crippen molar-refractivity contribution in [2.75, 3.05) is 6.61 Å². The van der Waals surface area contributed by atoms with E-state index < -0.39 is 12.1 Å². The predicted molar refractivity (Wildman–Crippen MR) is 65.8 cm³/mol. The van der Waals surface area contributed by atoms with Crippen LogP contribution in [0.25, 0.3) is 0 Å². The normalized spacial score (nSPS) is 11.1. The lowest BCUT2D eigenvalue weighted by Crippen LogP contribution is -2.25. The van der Waals surface area contributed by atoms with Gasteiger partial charge < -0.3 is 14.9 Å². The van der Waals surface area contributed by atoms with Crippen LogP contribution < -0.4 is 0 Å². The molecule has 1 aromatic rings. The van der Waals surface area contributed by atoms with Crippen molar-refractivity contribution < 1.29 is 19.7 Å². The summed E-state index contributed by atoms with van der Waals surface area (Å²) in [5.41, 5.74) is 0.772. The molecule has 0 radical (unpaired) electrons. The summed E-state index contributed by atoms with van der Waals surface area (Å²) in [6, 6.07) is 6.32. The summed E-state index contributed by atoms with van der Waals surface area (Å²) >= 11 is 0. The number of hydrogen-bond acceptors (Lipinski definition) is 4. The lowest BCUT2D eigenvalue weighted by Gasteiger charge is -2.09. The Morgan fingerprint density at radius 3 is 2.29 bits per heavy atom. The van der Waals surface area contributed by atoms with Gasteiger partial charge in [-0.05, 0) is 24.6 Å². The molecule has 1 rings (SSSR count). The molecule has 0 aliphatic carbocycles. The van der Waals surface area contributed by atoms with E-state index in [2.05, 4.69) is 4.74 Å². The van der Waals surface area contributed by atoms with Gasteiger partial charge in [0.15, 0.2) is 6.10 Å². The third-order valence-corrected chi connectivity index (χ3v) is 1.92. The predicted octanol–water partition coefficient (Wildman–Crippen LogP) is 1.88. The first-order valence-corrected chi connectivity index (χ1v) is 5.76. The molecule has 17 heavy (non-hydrogen) atoms. The van der Waals surface area contributed by atoms with Gasteiger partial charge in [-0.3, -0.25) is 0 Å². The number of rotatable bonds is 4. The molecule has 0 heterocycles. The fourth-order valence-electron chi connectivity index (χ4n) is 1.18. The smallest absolute Gasteiger partial charge is 0.335 e. The fourth-order valence-corrected chi connectivity index (χ4v) is 1.18. The SMILES string of the molecule is CC.CCOC(=O)C(O)Cc1ccc(O)cc1. The van der Waals surface area contributed by atoms with E-state index in [9.17, 15) is 9.90 Å². The Kier molecular flexibility index (Phi) is 7.80. The molecule has 0 saturated carbocycles. The summed E-state index contributed by atoms with van der Waals surface area (Å²) in [6.45, 7) is 5.94. The number of aromatic hydroxyl groups is 1. The van der Waals surface area contributed by atoms with Gasteiger partial charge in [-0.2, -0.15) is 0 Å². The molecule has 4 nitrogen and oxygen atoms in total. The van der Waals surface area contributed by atoms with Crippen molar-refractivity contribution in [3.63, 3.8) is 0 Å². The maximum absolute atomic E-state index is 11.1. The average molecular weight is 240 g/mol. The summed E-state index contributed by atoms with van der Waals surface area (Å²) in [4.78, 5) is 11.1. The number of carbonyl (C=O) groups is 1. The monoisotopic (exact) mass is 240 g/mol. The van der Waals surface area contributed by atoms with E-state index in [-0.39, 0.29) is 18.8 Å². The van der Waals surface area contributed by atoms with E-state index in [0.717, 1.165) is 5.56 Å². The Balaban J connectivity index is 0.00000121. The zero-order chi connectivity index (χ0) is 13.3. The maximum atomic E-state index is 11.1. The molecule has 4 heteroatoms. The van der Waals surface area contributed by atoms with Gasteiger partial charge in [0.05, 0.1) is 6.61 Å². The van der Waals surface area contributed by atoms with Gasteiger partial charge in [0.25, 0.3) is 0 Å². The highest BCUT2D eigenvalue weighted by molar-refractivity contribution is 5.74. The molecule has 1 atom stereocenters. The number of aliphatic hydroxyl groups is 1. The zero-order valence-corrected chi connectivity index (χ0v) is 10.5. The number of phenols is 1. The Bertz CT molecular complexity index is 319. The van der Waals surface area contributed by atoms with Gasteiger partial charge in [-0.25, -0.2) is 4.79 Å². The van der Waals surface area contributed by atoms with Crippen LogP contribution in [0.2, 0.25) is 0 Å². The van der Waals surface area contributed by atoms with Crippen LogP contribution in [-0.2, 0) is 16.0 Å². The largest absolute Gasteiger partial charge is 0.508 e. The Labute approximate surface area is 102 Å². The fraction of sp³-hybridized carbons (Fsp3) is 0.462. The van der Waals surface area contributed by atoms with Crippen LogP contribution in [0.15, 0.2) is 24.3 Å². The van der Waals surface area contributed by atoms with E-state index in [1.807, 2.05) is 13.8 Å². The minimum Gasteiger partial charge on any atom is -0.508 e. The first-order valence-electron chi connectivity index (χ1n) is 5.76.